The van der Waals surface area contributed by atoms with Crippen molar-refractivity contribution in [1.82, 2.24) is 20.2 Å². The van der Waals surface area contributed by atoms with E-state index in [0.29, 0.717) is 18.5 Å². The normalized spacial score (nSPS) is 16.9. The Kier molecular flexibility index (Phi) is 11.6. The molecular weight excluding hydrogens is 697 g/mol. The van der Waals surface area contributed by atoms with Crippen LogP contribution in [0.3, 0.4) is 0 Å². The maximum Gasteiger partial charge on any atom is 0.271 e. The smallest absolute Gasteiger partial charge is 0.271 e. The molecule has 0 spiro atoms. The van der Waals surface area contributed by atoms with Crippen LogP contribution in [0.15, 0.2) is 164 Å². The molecule has 1 aliphatic heterocycles. The van der Waals surface area contributed by atoms with Crippen molar-refractivity contribution >= 4 is 16.9 Å². The molecule has 1 amide bonds. The highest BCUT2D eigenvalue weighted by Crippen LogP contribution is 2.39. The van der Waals surface area contributed by atoms with Crippen molar-refractivity contribution in [3.8, 4) is 11.1 Å². The van der Waals surface area contributed by atoms with Gasteiger partial charge in [0, 0.05) is 38.2 Å². The number of aliphatic hydroxyl groups is 1. The molecule has 7 aromatic rings. The first kappa shape index (κ1) is 36.9. The van der Waals surface area contributed by atoms with Crippen molar-refractivity contribution in [2.24, 2.45) is 0 Å². The van der Waals surface area contributed by atoms with Crippen molar-refractivity contribution in [2.75, 3.05) is 6.54 Å². The molecule has 3 unspecified atom stereocenters. The number of nitrogens with one attached hydrogen (secondary N) is 1. The summed E-state index contributed by atoms with van der Waals surface area (Å²) in [6.45, 7) is 2.63. The van der Waals surface area contributed by atoms with E-state index in [1.165, 1.54) is 17.3 Å². The summed E-state index contributed by atoms with van der Waals surface area (Å²) in [6, 6.07) is 53.0. The third-order valence-electron chi connectivity index (χ3n) is 10.2. The van der Waals surface area contributed by atoms with Gasteiger partial charge in [0.1, 0.15) is 5.69 Å². The fourth-order valence-corrected chi connectivity index (χ4v) is 7.30. The van der Waals surface area contributed by atoms with Gasteiger partial charge in [-0.1, -0.05) is 146 Å². The average molecular weight is 741 g/mol. The van der Waals surface area contributed by atoms with Crippen LogP contribution in [-0.2, 0) is 35.7 Å². The number of aliphatic hydroxyl groups excluding tert-OH is 1. The molecule has 6 aromatic carbocycles. The van der Waals surface area contributed by atoms with Gasteiger partial charge in [-0.2, -0.15) is 0 Å². The fourth-order valence-electron chi connectivity index (χ4n) is 7.30. The number of nitrogens with zero attached hydrogens (tertiary/aromatic N) is 3. The second-order valence-electron chi connectivity index (χ2n) is 14.2. The number of aromatic nitrogens is 2. The van der Waals surface area contributed by atoms with Gasteiger partial charge in [0.05, 0.1) is 36.0 Å². The van der Waals surface area contributed by atoms with E-state index in [9.17, 15) is 9.90 Å². The monoisotopic (exact) mass is 740 g/mol. The third-order valence-corrected chi connectivity index (χ3v) is 10.2. The molecule has 1 saturated heterocycles. The lowest BCUT2D eigenvalue weighted by Crippen LogP contribution is -2.39. The van der Waals surface area contributed by atoms with Gasteiger partial charge in [-0.3, -0.25) is 14.7 Å². The van der Waals surface area contributed by atoms with Gasteiger partial charge in [0.15, 0.2) is 6.29 Å². The Morgan fingerprint density at radius 1 is 0.679 bits per heavy atom. The Hall–Kier alpha value is -6.03. The molecule has 1 aliphatic rings. The highest BCUT2D eigenvalue weighted by Gasteiger charge is 2.33. The van der Waals surface area contributed by atoms with Gasteiger partial charge in [-0.15, -0.1) is 0 Å². The predicted octanol–water partition coefficient (Wildman–Crippen LogP) is 8.97. The Bertz CT molecular complexity index is 2310. The van der Waals surface area contributed by atoms with E-state index in [1.807, 2.05) is 66.7 Å². The van der Waals surface area contributed by atoms with Crippen LogP contribution < -0.4 is 5.32 Å². The molecular formula is C48H44N4O4. The van der Waals surface area contributed by atoms with Crippen LogP contribution >= 0.6 is 0 Å². The van der Waals surface area contributed by atoms with E-state index < -0.39 is 6.29 Å². The molecule has 1 fully saturated rings. The Morgan fingerprint density at radius 3 is 2.00 bits per heavy atom. The van der Waals surface area contributed by atoms with Gasteiger partial charge in [0.2, 0.25) is 0 Å². The van der Waals surface area contributed by atoms with Gasteiger partial charge in [-0.25, -0.2) is 4.98 Å². The molecule has 56 heavy (non-hydrogen) atoms. The maximum absolute atomic E-state index is 13.1. The summed E-state index contributed by atoms with van der Waals surface area (Å²) in [5, 5.41) is 12.7. The second-order valence-corrected chi connectivity index (χ2v) is 14.2. The zero-order valence-electron chi connectivity index (χ0n) is 31.1. The summed E-state index contributed by atoms with van der Waals surface area (Å²) in [6.07, 6.45) is 1.31. The van der Waals surface area contributed by atoms with Crippen molar-refractivity contribution in [1.29, 1.82) is 0 Å². The standard InChI is InChI=1S/C48H44N4O4/c53-33-36-19-21-38(22-20-36)46-27-41(32-52(30-34-11-3-1-4-12-34)31-35-13-5-2-6-14-35)55-48(56-46)39-25-23-37(24-26-39)42-16-8-7-15-40(42)28-50-47(54)45-29-49-43-17-9-10-18-44(43)51-45/h1-26,29,41,46,48,53H,27-28,30-33H2,(H,50,54). The number of benzene rings is 6. The molecule has 2 heterocycles. The van der Waals surface area contributed by atoms with Crippen LogP contribution in [0.1, 0.15) is 62.7 Å². The minimum Gasteiger partial charge on any atom is -0.392 e. The minimum absolute atomic E-state index is 0.00488. The lowest BCUT2D eigenvalue weighted by molar-refractivity contribution is -0.253. The largest absolute Gasteiger partial charge is 0.392 e. The lowest BCUT2D eigenvalue weighted by atomic mass is 9.97. The molecule has 8 heteroatoms. The number of rotatable bonds is 13. The third kappa shape index (κ3) is 9.08. The number of ether oxygens (including phenoxy) is 2. The molecule has 8 nitrogen and oxygen atoms in total. The summed E-state index contributed by atoms with van der Waals surface area (Å²) < 4.78 is 13.5. The zero-order valence-corrected chi connectivity index (χ0v) is 31.1. The minimum atomic E-state index is -0.585. The first-order chi connectivity index (χ1) is 27.6. The highest BCUT2D eigenvalue weighted by molar-refractivity contribution is 5.93. The van der Waals surface area contributed by atoms with Crippen LogP contribution in [0.25, 0.3) is 22.2 Å². The molecule has 0 radical (unpaired) electrons. The van der Waals surface area contributed by atoms with Crippen molar-refractivity contribution in [3.05, 3.63) is 203 Å². The predicted molar refractivity (Wildman–Crippen MR) is 218 cm³/mol. The second kappa shape index (κ2) is 17.6. The number of amides is 1. The summed E-state index contributed by atoms with van der Waals surface area (Å²) >= 11 is 0. The Labute approximate surface area is 327 Å². The van der Waals surface area contributed by atoms with E-state index >= 15 is 0 Å². The molecule has 0 aliphatic carbocycles. The summed E-state index contributed by atoms with van der Waals surface area (Å²) in [7, 11) is 0. The first-order valence-electron chi connectivity index (χ1n) is 19.1. The molecule has 0 saturated carbocycles. The van der Waals surface area contributed by atoms with Gasteiger partial charge in [-0.05, 0) is 51.1 Å². The van der Waals surface area contributed by atoms with Gasteiger partial charge < -0.3 is 19.9 Å². The average Bonchev–Trinajstić information content (AvgIpc) is 3.26. The van der Waals surface area contributed by atoms with Crippen LogP contribution in [0.5, 0.6) is 0 Å². The topological polar surface area (TPSA) is 96.8 Å². The highest BCUT2D eigenvalue weighted by atomic mass is 16.7. The summed E-state index contributed by atoms with van der Waals surface area (Å²) in [5.41, 5.74) is 10.1. The number of carbonyl (C=O) groups excluding carboxylic acids is 1. The van der Waals surface area contributed by atoms with E-state index in [2.05, 4.69) is 111 Å². The number of para-hydroxylation sites is 2. The number of hydrogen-bond acceptors (Lipinski definition) is 7. The number of hydrogen-bond donors (Lipinski definition) is 2. The lowest BCUT2D eigenvalue weighted by Gasteiger charge is -2.38. The maximum atomic E-state index is 13.1. The first-order valence-corrected chi connectivity index (χ1v) is 19.1. The molecule has 2 N–H and O–H groups in total. The summed E-state index contributed by atoms with van der Waals surface area (Å²) in [5.74, 6) is -0.277. The quantitative estimate of drug-likeness (QED) is 0.122. The van der Waals surface area contributed by atoms with E-state index in [4.69, 9.17) is 9.47 Å². The van der Waals surface area contributed by atoms with Gasteiger partial charge in [0.25, 0.3) is 5.91 Å². The van der Waals surface area contributed by atoms with Gasteiger partial charge >= 0.3 is 0 Å². The van der Waals surface area contributed by atoms with Crippen LogP contribution in [0.2, 0.25) is 0 Å². The molecule has 3 atom stereocenters. The van der Waals surface area contributed by atoms with Crippen LogP contribution in [0, 0.1) is 0 Å². The van der Waals surface area contributed by atoms with E-state index in [-0.39, 0.29) is 30.4 Å². The van der Waals surface area contributed by atoms with E-state index in [1.54, 1.807) is 0 Å². The molecule has 0 bridgehead atoms. The number of carbonyl (C=O) groups is 1. The zero-order chi connectivity index (χ0) is 38.1. The van der Waals surface area contributed by atoms with Crippen LogP contribution in [0.4, 0.5) is 0 Å². The number of fused-ring (bicyclic) bond motifs is 1. The Balaban J connectivity index is 1.01. The molecule has 8 rings (SSSR count). The molecule has 1 aromatic heterocycles. The fraction of sp³-hybridized carbons (Fsp3) is 0.188. The molecule has 280 valence electrons. The van der Waals surface area contributed by atoms with Crippen molar-refractivity contribution in [3.63, 3.8) is 0 Å². The Morgan fingerprint density at radius 2 is 1.30 bits per heavy atom. The SMILES string of the molecule is O=C(NCc1ccccc1-c1ccc(C2OC(CN(Cc3ccccc3)Cc3ccccc3)CC(c3ccc(CO)cc3)O2)cc1)c1cnc2ccccc2n1. The van der Waals surface area contributed by atoms with E-state index in [0.717, 1.165) is 58.5 Å². The summed E-state index contributed by atoms with van der Waals surface area (Å²) in [4.78, 5) is 24.5. The van der Waals surface area contributed by atoms with Crippen molar-refractivity contribution < 1.29 is 19.4 Å². The van der Waals surface area contributed by atoms with Crippen molar-refractivity contribution in [2.45, 2.75) is 51.2 Å². The van der Waals surface area contributed by atoms with Crippen LogP contribution in [-0.4, -0.2) is 38.5 Å².